The van der Waals surface area contributed by atoms with Crippen LogP contribution < -0.4 is 10.6 Å². The summed E-state index contributed by atoms with van der Waals surface area (Å²) in [5.74, 6) is -0.844. The first-order chi connectivity index (χ1) is 20.2. The maximum Gasteiger partial charge on any atom is 0.461 e. The third-order valence-electron chi connectivity index (χ3n) is 7.46. The predicted molar refractivity (Wildman–Crippen MR) is 158 cm³/mol. The number of amides is 2. The van der Waals surface area contributed by atoms with Crippen LogP contribution in [0.3, 0.4) is 0 Å². The minimum absolute atomic E-state index is 0.205. The van der Waals surface area contributed by atoms with E-state index in [1.54, 1.807) is 31.2 Å². The highest BCUT2D eigenvalue weighted by atomic mass is 19.1. The van der Waals surface area contributed by atoms with E-state index in [9.17, 15) is 18.8 Å². The SMILES string of the molecule is Cc1c(NC(=O)Nc2ccc(C3CCCC3)cc2)c2cc(F)ccc2n1C(=O)OOC(=O)c1ccc(CN(C)C)cc1. The van der Waals surface area contributed by atoms with Crippen molar-refractivity contribution in [1.29, 1.82) is 0 Å². The van der Waals surface area contributed by atoms with E-state index >= 15 is 0 Å². The van der Waals surface area contributed by atoms with Crippen molar-refractivity contribution in [2.24, 2.45) is 0 Å². The number of rotatable bonds is 6. The molecule has 1 heterocycles. The van der Waals surface area contributed by atoms with Crippen molar-refractivity contribution in [1.82, 2.24) is 9.47 Å². The van der Waals surface area contributed by atoms with Gasteiger partial charge in [-0.1, -0.05) is 37.1 Å². The van der Waals surface area contributed by atoms with Crippen LogP contribution in [0, 0.1) is 12.7 Å². The third-order valence-corrected chi connectivity index (χ3v) is 7.46. The van der Waals surface area contributed by atoms with E-state index in [4.69, 9.17) is 9.78 Å². The number of anilines is 2. The quantitative estimate of drug-likeness (QED) is 0.187. The van der Waals surface area contributed by atoms with Crippen LogP contribution >= 0.6 is 0 Å². The molecule has 2 N–H and O–H groups in total. The van der Waals surface area contributed by atoms with Gasteiger partial charge in [-0.15, -0.1) is 0 Å². The maximum absolute atomic E-state index is 14.2. The lowest BCUT2D eigenvalue weighted by Gasteiger charge is -2.12. The Bertz CT molecular complexity index is 1610. The van der Waals surface area contributed by atoms with E-state index in [0.29, 0.717) is 18.2 Å². The van der Waals surface area contributed by atoms with Crippen LogP contribution in [0.1, 0.15) is 58.8 Å². The zero-order valence-corrected chi connectivity index (χ0v) is 23.8. The normalized spacial score (nSPS) is 13.4. The molecule has 1 aromatic heterocycles. The Labute approximate surface area is 243 Å². The Morgan fingerprint density at radius 3 is 2.29 bits per heavy atom. The van der Waals surface area contributed by atoms with Crippen molar-refractivity contribution >= 4 is 40.4 Å². The number of aromatic nitrogens is 1. The predicted octanol–water partition coefficient (Wildman–Crippen LogP) is 7.21. The number of benzene rings is 3. The van der Waals surface area contributed by atoms with Gasteiger partial charge in [0.2, 0.25) is 0 Å². The van der Waals surface area contributed by atoms with Gasteiger partial charge in [-0.3, -0.25) is 0 Å². The van der Waals surface area contributed by atoms with Crippen LogP contribution in [-0.4, -0.2) is 41.7 Å². The molecule has 42 heavy (non-hydrogen) atoms. The molecule has 0 bridgehead atoms. The van der Waals surface area contributed by atoms with Gasteiger partial charge in [-0.05, 0) is 93.4 Å². The first kappa shape index (κ1) is 28.8. The highest BCUT2D eigenvalue weighted by Gasteiger charge is 2.24. The fourth-order valence-electron chi connectivity index (χ4n) is 5.43. The van der Waals surface area contributed by atoms with Gasteiger partial charge < -0.3 is 15.5 Å². The molecular weight excluding hydrogens is 539 g/mol. The van der Waals surface area contributed by atoms with Gasteiger partial charge in [-0.2, -0.15) is 0 Å². The number of halogens is 1. The van der Waals surface area contributed by atoms with E-state index in [2.05, 4.69) is 10.6 Å². The molecule has 3 aromatic carbocycles. The summed E-state index contributed by atoms with van der Waals surface area (Å²) in [7, 11) is 3.87. The van der Waals surface area contributed by atoms with E-state index in [1.807, 2.05) is 43.3 Å². The van der Waals surface area contributed by atoms with Crippen LogP contribution in [0.5, 0.6) is 0 Å². The van der Waals surface area contributed by atoms with Crippen LogP contribution in [0.4, 0.5) is 25.4 Å². The summed E-state index contributed by atoms with van der Waals surface area (Å²) in [6, 6.07) is 17.7. The van der Waals surface area contributed by atoms with E-state index < -0.39 is 23.9 Å². The fraction of sp³-hybridized carbons (Fsp3) is 0.281. The van der Waals surface area contributed by atoms with Crippen molar-refractivity contribution in [2.75, 3.05) is 24.7 Å². The number of nitrogens with one attached hydrogen (secondary N) is 2. The molecule has 2 amide bonds. The van der Waals surface area contributed by atoms with E-state index in [-0.39, 0.29) is 27.8 Å². The highest BCUT2D eigenvalue weighted by molar-refractivity contribution is 6.09. The van der Waals surface area contributed by atoms with Crippen molar-refractivity contribution in [2.45, 2.75) is 45.1 Å². The van der Waals surface area contributed by atoms with Gasteiger partial charge in [0, 0.05) is 17.6 Å². The molecule has 4 aromatic rings. The monoisotopic (exact) mass is 572 g/mol. The van der Waals surface area contributed by atoms with Gasteiger partial charge in [-0.25, -0.2) is 33.1 Å². The Balaban J connectivity index is 1.29. The number of fused-ring (bicyclic) bond motifs is 1. The number of nitrogens with zero attached hydrogens (tertiary/aromatic N) is 2. The van der Waals surface area contributed by atoms with Crippen molar-refractivity contribution < 1.29 is 28.5 Å². The van der Waals surface area contributed by atoms with Crippen molar-refractivity contribution in [3.8, 4) is 0 Å². The Morgan fingerprint density at radius 2 is 1.62 bits per heavy atom. The molecule has 1 fully saturated rings. The summed E-state index contributed by atoms with van der Waals surface area (Å²) in [5, 5.41) is 5.79. The fourth-order valence-corrected chi connectivity index (χ4v) is 5.43. The molecular formula is C32H33FN4O5. The Hall–Kier alpha value is -4.70. The molecule has 1 aliphatic rings. The van der Waals surface area contributed by atoms with Gasteiger partial charge in [0.25, 0.3) is 0 Å². The van der Waals surface area contributed by atoms with Gasteiger partial charge in [0.05, 0.1) is 22.5 Å². The second kappa shape index (κ2) is 12.4. The Kier molecular flexibility index (Phi) is 8.53. The number of carbonyl (C=O) groups excluding carboxylic acids is 3. The summed E-state index contributed by atoms with van der Waals surface area (Å²) in [6.07, 6.45) is 3.80. The molecule has 218 valence electrons. The van der Waals surface area contributed by atoms with Crippen LogP contribution in [0.15, 0.2) is 66.7 Å². The van der Waals surface area contributed by atoms with Gasteiger partial charge >= 0.3 is 18.1 Å². The molecule has 0 aliphatic heterocycles. The zero-order chi connectivity index (χ0) is 29.8. The summed E-state index contributed by atoms with van der Waals surface area (Å²) in [4.78, 5) is 50.1. The Morgan fingerprint density at radius 1 is 0.929 bits per heavy atom. The molecule has 5 rings (SSSR count). The molecule has 0 spiro atoms. The number of hydrogen-bond donors (Lipinski definition) is 2. The average Bonchev–Trinajstić information content (AvgIpc) is 3.59. The molecule has 9 nitrogen and oxygen atoms in total. The summed E-state index contributed by atoms with van der Waals surface area (Å²) < 4.78 is 15.3. The smallest absolute Gasteiger partial charge is 0.308 e. The second-order valence-electron chi connectivity index (χ2n) is 10.8. The molecule has 1 saturated carbocycles. The lowest BCUT2D eigenvalue weighted by molar-refractivity contribution is -0.182. The molecule has 0 radical (unpaired) electrons. The minimum Gasteiger partial charge on any atom is -0.308 e. The second-order valence-corrected chi connectivity index (χ2v) is 10.8. The van der Waals surface area contributed by atoms with Crippen LogP contribution in [0.25, 0.3) is 10.9 Å². The zero-order valence-electron chi connectivity index (χ0n) is 23.8. The number of urea groups is 1. The van der Waals surface area contributed by atoms with Gasteiger partial charge in [0.15, 0.2) is 0 Å². The van der Waals surface area contributed by atoms with Crippen LogP contribution in [0.2, 0.25) is 0 Å². The average molecular weight is 573 g/mol. The largest absolute Gasteiger partial charge is 0.461 e. The number of hydrogen-bond acceptors (Lipinski definition) is 6. The minimum atomic E-state index is -1.03. The molecule has 0 unspecified atom stereocenters. The van der Waals surface area contributed by atoms with Crippen molar-refractivity contribution in [3.05, 3.63) is 94.9 Å². The highest BCUT2D eigenvalue weighted by Crippen LogP contribution is 2.35. The van der Waals surface area contributed by atoms with Gasteiger partial charge in [0.1, 0.15) is 5.82 Å². The van der Waals surface area contributed by atoms with Crippen molar-refractivity contribution in [3.63, 3.8) is 0 Å². The molecule has 0 saturated heterocycles. The lowest BCUT2D eigenvalue weighted by atomic mass is 9.98. The number of carbonyl (C=O) groups is 3. The summed E-state index contributed by atoms with van der Waals surface area (Å²) >= 11 is 0. The standard InChI is InChI=1S/C32H33FN4O5/c1-20-29(35-31(39)34-26-15-12-23(13-16-26)22-6-4-5-7-22)27-18-25(33)14-17-28(27)37(20)32(40)42-41-30(38)24-10-8-21(9-11-24)19-36(2)3/h8-18,22H,4-7,19H2,1-3H3,(H2,34,35,39). The topological polar surface area (TPSA) is 102 Å². The van der Waals surface area contributed by atoms with Crippen LogP contribution in [-0.2, 0) is 16.3 Å². The molecule has 1 aliphatic carbocycles. The molecule has 0 atom stereocenters. The summed E-state index contributed by atoms with van der Waals surface area (Å²) in [5.41, 5.74) is 3.80. The first-order valence-electron chi connectivity index (χ1n) is 13.8. The summed E-state index contributed by atoms with van der Waals surface area (Å²) in [6.45, 7) is 2.27. The third kappa shape index (κ3) is 6.44. The molecule has 10 heteroatoms. The van der Waals surface area contributed by atoms with E-state index in [1.165, 1.54) is 49.4 Å². The maximum atomic E-state index is 14.2. The van der Waals surface area contributed by atoms with E-state index in [0.717, 1.165) is 10.1 Å². The lowest BCUT2D eigenvalue weighted by Crippen LogP contribution is -2.21. The first-order valence-corrected chi connectivity index (χ1v) is 13.8.